The van der Waals surface area contributed by atoms with Gasteiger partial charge in [-0.2, -0.15) is 0 Å². The molecule has 43 heavy (non-hydrogen) atoms. The number of hydrogen-bond donors (Lipinski definition) is 0. The van der Waals surface area contributed by atoms with Crippen molar-refractivity contribution in [1.82, 2.24) is 0 Å². The van der Waals surface area contributed by atoms with Crippen LogP contribution in [0, 0.1) is 0 Å². The van der Waals surface area contributed by atoms with E-state index in [9.17, 15) is 28.8 Å². The summed E-state index contributed by atoms with van der Waals surface area (Å²) in [4.78, 5) is 77.6. The molecule has 11 nitrogen and oxygen atoms in total. The lowest BCUT2D eigenvalue weighted by atomic mass is 10.1. The lowest BCUT2D eigenvalue weighted by Gasteiger charge is -2.16. The Kier molecular flexibility index (Phi) is 6.54. The molecule has 0 fully saturated rings. The Balaban J connectivity index is 1.16. The second-order valence-electron chi connectivity index (χ2n) is 9.49. The number of esters is 2. The highest BCUT2D eigenvalue weighted by molar-refractivity contribution is 6.35. The SMILES string of the molecule is COC(=O)c1ccc2c(c1)C(=O)N(c1ccc(Oc3ccc(N4C(=O)c5ccc(C(=O)OC)cc5C4=O)cc3)cc1)C2=O. The number of imide groups is 2. The summed E-state index contributed by atoms with van der Waals surface area (Å²) < 4.78 is 15.3. The Bertz CT molecular complexity index is 1740. The first kappa shape index (κ1) is 27.1. The minimum atomic E-state index is -0.617. The molecule has 2 aliphatic rings. The van der Waals surface area contributed by atoms with Gasteiger partial charge in [-0.25, -0.2) is 19.4 Å². The number of anilines is 2. The quantitative estimate of drug-likeness (QED) is 0.237. The first-order valence-corrected chi connectivity index (χ1v) is 12.8. The number of hydrogen-bond acceptors (Lipinski definition) is 9. The van der Waals surface area contributed by atoms with E-state index in [1.54, 1.807) is 48.5 Å². The molecular formula is C32H20N2O9. The highest BCUT2D eigenvalue weighted by atomic mass is 16.5. The molecule has 2 heterocycles. The van der Waals surface area contributed by atoms with Gasteiger partial charge < -0.3 is 14.2 Å². The van der Waals surface area contributed by atoms with Gasteiger partial charge in [0.1, 0.15) is 11.5 Å². The molecule has 2 aliphatic heterocycles. The van der Waals surface area contributed by atoms with Crippen molar-refractivity contribution in [1.29, 1.82) is 0 Å². The van der Waals surface area contributed by atoms with E-state index < -0.39 is 35.6 Å². The molecule has 4 amide bonds. The van der Waals surface area contributed by atoms with Gasteiger partial charge in [0, 0.05) is 0 Å². The summed E-state index contributed by atoms with van der Waals surface area (Å²) in [6.45, 7) is 0. The van der Waals surface area contributed by atoms with Crippen LogP contribution in [-0.2, 0) is 9.47 Å². The summed E-state index contributed by atoms with van der Waals surface area (Å²) in [7, 11) is 2.46. The maximum Gasteiger partial charge on any atom is 0.337 e. The van der Waals surface area contributed by atoms with Crippen molar-refractivity contribution in [3.05, 3.63) is 118 Å². The molecule has 0 aromatic heterocycles. The monoisotopic (exact) mass is 576 g/mol. The molecule has 0 spiro atoms. The summed E-state index contributed by atoms with van der Waals surface area (Å²) in [5, 5.41) is 0. The van der Waals surface area contributed by atoms with E-state index in [1.165, 1.54) is 50.6 Å². The van der Waals surface area contributed by atoms with Crippen LogP contribution in [0.1, 0.15) is 62.1 Å². The molecule has 0 radical (unpaired) electrons. The Hall–Kier alpha value is -6.10. The number of carbonyl (C=O) groups is 6. The fourth-order valence-electron chi connectivity index (χ4n) is 4.90. The van der Waals surface area contributed by atoms with E-state index in [2.05, 4.69) is 0 Å². The zero-order valence-corrected chi connectivity index (χ0v) is 22.7. The third-order valence-electron chi connectivity index (χ3n) is 7.04. The first-order chi connectivity index (χ1) is 20.7. The summed E-state index contributed by atoms with van der Waals surface area (Å²) in [6.07, 6.45) is 0. The molecule has 0 atom stereocenters. The van der Waals surface area contributed by atoms with Gasteiger partial charge in [-0.15, -0.1) is 0 Å². The van der Waals surface area contributed by atoms with Crippen molar-refractivity contribution in [2.45, 2.75) is 0 Å². The van der Waals surface area contributed by atoms with Gasteiger partial charge in [-0.05, 0) is 84.9 Å². The number of benzene rings is 4. The molecule has 0 N–H and O–H groups in total. The van der Waals surface area contributed by atoms with Crippen molar-refractivity contribution in [2.75, 3.05) is 24.0 Å². The largest absolute Gasteiger partial charge is 0.465 e. The standard InChI is InChI=1S/C32H20N2O9/c1-41-31(39)17-3-13-23-25(15-17)29(37)33(27(23)35)19-5-9-21(10-6-19)43-22-11-7-20(8-12-22)34-28(36)24-14-4-18(32(40)42-2)16-26(24)30(34)38/h3-16H,1-2H3. The van der Waals surface area contributed by atoms with Gasteiger partial charge in [-0.3, -0.25) is 19.2 Å². The number of nitrogens with zero attached hydrogens (tertiary/aromatic N) is 2. The van der Waals surface area contributed by atoms with Gasteiger partial charge in [0.2, 0.25) is 0 Å². The zero-order chi connectivity index (χ0) is 30.4. The van der Waals surface area contributed by atoms with Crippen LogP contribution in [0.3, 0.4) is 0 Å². The summed E-state index contributed by atoms with van der Waals surface area (Å²) in [5.74, 6) is -2.60. The molecule has 11 heteroatoms. The van der Waals surface area contributed by atoms with Crippen LogP contribution in [0.2, 0.25) is 0 Å². The summed E-state index contributed by atoms with van der Waals surface area (Å²) in [6, 6.07) is 20.9. The summed E-state index contributed by atoms with van der Waals surface area (Å²) >= 11 is 0. The fraction of sp³-hybridized carbons (Fsp3) is 0.0625. The van der Waals surface area contributed by atoms with Gasteiger partial charge in [0.25, 0.3) is 23.6 Å². The van der Waals surface area contributed by atoms with Crippen LogP contribution >= 0.6 is 0 Å². The predicted octanol–water partition coefficient (Wildman–Crippen LogP) is 4.65. The molecule has 6 rings (SSSR count). The van der Waals surface area contributed by atoms with Crippen molar-refractivity contribution in [3.8, 4) is 11.5 Å². The Labute approximate surface area is 243 Å². The number of methoxy groups -OCH3 is 2. The highest BCUT2D eigenvalue weighted by Crippen LogP contribution is 2.33. The minimum absolute atomic E-state index is 0.107. The second-order valence-corrected chi connectivity index (χ2v) is 9.49. The number of fused-ring (bicyclic) bond motifs is 2. The van der Waals surface area contributed by atoms with E-state index in [1.807, 2.05) is 0 Å². The molecule has 0 saturated heterocycles. The third kappa shape index (κ3) is 4.49. The predicted molar refractivity (Wildman–Crippen MR) is 151 cm³/mol. The molecular weight excluding hydrogens is 556 g/mol. The van der Waals surface area contributed by atoms with E-state index in [0.29, 0.717) is 22.9 Å². The molecule has 0 unspecified atom stereocenters. The Morgan fingerprint density at radius 3 is 1.19 bits per heavy atom. The van der Waals surface area contributed by atoms with E-state index in [4.69, 9.17) is 14.2 Å². The normalized spacial score (nSPS) is 13.6. The zero-order valence-electron chi connectivity index (χ0n) is 22.7. The van der Waals surface area contributed by atoms with Crippen LogP contribution in [0.5, 0.6) is 11.5 Å². The maximum absolute atomic E-state index is 13.0. The Morgan fingerprint density at radius 2 is 0.837 bits per heavy atom. The van der Waals surface area contributed by atoms with Gasteiger partial charge in [0.15, 0.2) is 0 Å². The Morgan fingerprint density at radius 1 is 0.488 bits per heavy atom. The molecule has 0 saturated carbocycles. The van der Waals surface area contributed by atoms with E-state index in [-0.39, 0.29) is 33.4 Å². The molecule has 4 aromatic rings. The average molecular weight is 577 g/mol. The number of rotatable bonds is 6. The van der Waals surface area contributed by atoms with Crippen LogP contribution < -0.4 is 14.5 Å². The summed E-state index contributed by atoms with van der Waals surface area (Å²) in [5.41, 5.74) is 1.53. The van der Waals surface area contributed by atoms with Crippen molar-refractivity contribution >= 4 is 46.9 Å². The van der Waals surface area contributed by atoms with E-state index in [0.717, 1.165) is 9.80 Å². The van der Waals surface area contributed by atoms with E-state index >= 15 is 0 Å². The molecule has 0 bridgehead atoms. The van der Waals surface area contributed by atoms with Crippen molar-refractivity contribution < 1.29 is 43.0 Å². The lowest BCUT2D eigenvalue weighted by molar-refractivity contribution is 0.0591. The fourth-order valence-corrected chi connectivity index (χ4v) is 4.90. The topological polar surface area (TPSA) is 137 Å². The van der Waals surface area contributed by atoms with Crippen LogP contribution in [0.4, 0.5) is 11.4 Å². The second kappa shape index (κ2) is 10.4. The van der Waals surface area contributed by atoms with Gasteiger partial charge >= 0.3 is 11.9 Å². The number of carbonyl (C=O) groups excluding carboxylic acids is 6. The van der Waals surface area contributed by atoms with Gasteiger partial charge in [-0.1, -0.05) is 0 Å². The van der Waals surface area contributed by atoms with Crippen LogP contribution in [0.15, 0.2) is 84.9 Å². The van der Waals surface area contributed by atoms with Crippen molar-refractivity contribution in [2.24, 2.45) is 0 Å². The number of amides is 4. The smallest absolute Gasteiger partial charge is 0.337 e. The van der Waals surface area contributed by atoms with Crippen molar-refractivity contribution in [3.63, 3.8) is 0 Å². The molecule has 0 aliphatic carbocycles. The maximum atomic E-state index is 13.0. The third-order valence-corrected chi connectivity index (χ3v) is 7.04. The molecule has 4 aromatic carbocycles. The average Bonchev–Trinajstić information content (AvgIpc) is 3.44. The highest BCUT2D eigenvalue weighted by Gasteiger charge is 2.38. The minimum Gasteiger partial charge on any atom is -0.465 e. The number of ether oxygens (including phenoxy) is 3. The van der Waals surface area contributed by atoms with Crippen LogP contribution in [0.25, 0.3) is 0 Å². The van der Waals surface area contributed by atoms with Gasteiger partial charge in [0.05, 0.1) is 59.0 Å². The van der Waals surface area contributed by atoms with Crippen LogP contribution in [-0.4, -0.2) is 49.8 Å². The lowest BCUT2D eigenvalue weighted by Crippen LogP contribution is -2.29. The molecule has 212 valence electrons. The first-order valence-electron chi connectivity index (χ1n) is 12.8.